The van der Waals surface area contributed by atoms with Gasteiger partial charge in [-0.2, -0.15) is 0 Å². The molecule has 1 fully saturated rings. The molecule has 0 saturated carbocycles. The van der Waals surface area contributed by atoms with E-state index in [9.17, 15) is 73.2 Å². The number of rotatable bonds is 32. The maximum atomic E-state index is 14.3. The monoisotopic (exact) mass is 1010 g/mol. The molecule has 0 aliphatic carbocycles. The number of likely N-dealkylation sites (tertiary alicyclic amines) is 1. The van der Waals surface area contributed by atoms with Crippen molar-refractivity contribution in [1.82, 2.24) is 36.8 Å². The van der Waals surface area contributed by atoms with Gasteiger partial charge in [-0.25, -0.2) is 0 Å². The number of phenolic OH excluding ortho intramolecular Hbond substituents is 1. The molecule has 1 unspecified atom stereocenters. The Morgan fingerprint density at radius 2 is 1.29 bits per heavy atom. The molecule has 0 spiro atoms. The quantitative estimate of drug-likeness (QED) is 0.0127. The number of aliphatic carboxylic acids is 3. The first-order chi connectivity index (χ1) is 34.0. The molecule has 8 amide bonds. The number of phenols is 1. The number of hydrogen-bond acceptors (Lipinski definition) is 14. The summed E-state index contributed by atoms with van der Waals surface area (Å²) in [4.78, 5) is 147. The minimum Gasteiger partial charge on any atom is -0.508 e. The molecular formula is C45H64N12O15. The fraction of sp³-hybridized carbons (Fsp3) is 0.578. The van der Waals surface area contributed by atoms with Crippen LogP contribution in [0.25, 0.3) is 10.4 Å². The van der Waals surface area contributed by atoms with Crippen LogP contribution in [-0.2, 0) is 59.2 Å². The van der Waals surface area contributed by atoms with E-state index in [-0.39, 0.29) is 63.3 Å². The summed E-state index contributed by atoms with van der Waals surface area (Å²) in [6.45, 7) is 3.59. The third-order valence-electron chi connectivity index (χ3n) is 11.1. The van der Waals surface area contributed by atoms with Crippen molar-refractivity contribution >= 4 is 65.2 Å². The molecule has 1 aliphatic heterocycles. The van der Waals surface area contributed by atoms with Gasteiger partial charge >= 0.3 is 17.9 Å². The zero-order valence-electron chi connectivity index (χ0n) is 39.9. The number of terminal acetylenes is 1. The number of unbranched alkanes of at least 4 members (excludes halogenated alkanes) is 1. The number of benzene rings is 1. The van der Waals surface area contributed by atoms with E-state index in [1.165, 1.54) is 24.3 Å². The van der Waals surface area contributed by atoms with Crippen LogP contribution in [0.3, 0.4) is 0 Å². The van der Waals surface area contributed by atoms with Crippen molar-refractivity contribution in [2.45, 2.75) is 146 Å². The minimum absolute atomic E-state index is 0.0138. The number of aromatic hydroxyl groups is 1. The van der Waals surface area contributed by atoms with Gasteiger partial charge in [0.1, 0.15) is 54.1 Å². The maximum Gasteiger partial charge on any atom is 0.305 e. The highest BCUT2D eigenvalue weighted by Gasteiger charge is 2.41. The number of nitrogens with one attached hydrogen (secondary N) is 6. The summed E-state index contributed by atoms with van der Waals surface area (Å²) >= 11 is 0. The van der Waals surface area contributed by atoms with E-state index in [0.717, 1.165) is 4.90 Å². The minimum atomic E-state index is -1.96. The summed E-state index contributed by atoms with van der Waals surface area (Å²) in [5.41, 5.74) is 20.4. The standard InChI is InChI=1S/C45H64N12O15/c1-4-8-27(38(47)65)49-39(66)28(15-17-35(59)60)50-41(68)31(21-24(2)3)54-44(71)34-10-7-20-57(34)45(72)30(16-18-36(61)62)51-43(70)33(23-37(63)64)53-42(69)32(22-25-11-13-26(58)14-12-25)52-40(67)29(55-56-48)9-5-6-19-46/h1,11-14,24,27-34,58H,5-10,15-23,46H2,2-3H3,(H2,47,65)(H,49,66)(H,50,68)(H,51,70)(H,52,67)(H,53,69)(H,54,71)(H,59,60)(H,61,62)(H,63,64)/t27-,28-,29?,30-,31-,32-,33-,34-/m0/s1. The largest absolute Gasteiger partial charge is 0.508 e. The second-order valence-corrected chi connectivity index (χ2v) is 17.3. The van der Waals surface area contributed by atoms with Gasteiger partial charge in [-0.15, -0.1) is 12.3 Å². The van der Waals surface area contributed by atoms with E-state index in [4.69, 9.17) is 23.4 Å². The van der Waals surface area contributed by atoms with Crippen LogP contribution in [0.2, 0.25) is 0 Å². The van der Waals surface area contributed by atoms with Crippen LogP contribution in [0.15, 0.2) is 29.4 Å². The average Bonchev–Trinajstić information content (AvgIpc) is 3.81. The molecule has 1 aromatic rings. The lowest BCUT2D eigenvalue weighted by Crippen LogP contribution is -2.60. The maximum absolute atomic E-state index is 14.3. The van der Waals surface area contributed by atoms with Crippen LogP contribution in [0.1, 0.15) is 96.5 Å². The van der Waals surface area contributed by atoms with Crippen molar-refractivity contribution < 1.29 is 73.2 Å². The normalized spacial score (nSPS) is 15.8. The highest BCUT2D eigenvalue weighted by molar-refractivity contribution is 5.99. The van der Waals surface area contributed by atoms with Gasteiger partial charge in [-0.05, 0) is 80.6 Å². The van der Waals surface area contributed by atoms with Gasteiger partial charge in [-0.1, -0.05) is 37.5 Å². The average molecular weight is 1010 g/mol. The Morgan fingerprint density at radius 1 is 0.750 bits per heavy atom. The summed E-state index contributed by atoms with van der Waals surface area (Å²) in [7, 11) is 0. The molecule has 1 saturated heterocycles. The molecule has 1 aromatic carbocycles. The first-order valence-electron chi connectivity index (χ1n) is 23.0. The Hall–Kier alpha value is -7.98. The lowest BCUT2D eigenvalue weighted by Gasteiger charge is -2.31. The van der Waals surface area contributed by atoms with Crippen molar-refractivity contribution in [2.24, 2.45) is 22.5 Å². The fourth-order valence-electron chi connectivity index (χ4n) is 7.48. The van der Waals surface area contributed by atoms with Gasteiger partial charge in [0.2, 0.25) is 47.3 Å². The first-order valence-corrected chi connectivity index (χ1v) is 23.0. The summed E-state index contributed by atoms with van der Waals surface area (Å²) in [5.74, 6) is -10.6. The number of carboxylic acids is 3. The Balaban J connectivity index is 2.43. The zero-order chi connectivity index (χ0) is 54.1. The van der Waals surface area contributed by atoms with Crippen LogP contribution < -0.4 is 43.4 Å². The van der Waals surface area contributed by atoms with Crippen molar-refractivity contribution in [3.8, 4) is 18.1 Å². The number of nitrogens with zero attached hydrogens (tertiary/aromatic N) is 4. The van der Waals surface area contributed by atoms with E-state index < -0.39 is 146 Å². The predicted molar refractivity (Wildman–Crippen MR) is 252 cm³/mol. The number of carboxylic acid groups (broad SMARTS) is 3. The molecule has 72 heavy (non-hydrogen) atoms. The van der Waals surface area contributed by atoms with E-state index >= 15 is 0 Å². The second kappa shape index (κ2) is 30.6. The summed E-state index contributed by atoms with van der Waals surface area (Å²) in [6.07, 6.45) is 2.32. The van der Waals surface area contributed by atoms with Gasteiger partial charge in [0, 0.05) is 37.1 Å². The summed E-state index contributed by atoms with van der Waals surface area (Å²) in [5, 5.41) is 56.3. The Bertz CT molecular complexity index is 2210. The van der Waals surface area contributed by atoms with Crippen LogP contribution in [0, 0.1) is 18.3 Å². The highest BCUT2D eigenvalue weighted by atomic mass is 16.4. The number of carbonyl (C=O) groups is 11. The second-order valence-electron chi connectivity index (χ2n) is 17.3. The summed E-state index contributed by atoms with van der Waals surface area (Å²) in [6, 6.07) is -6.71. The third kappa shape index (κ3) is 20.9. The van der Waals surface area contributed by atoms with Crippen molar-refractivity contribution in [1.29, 1.82) is 0 Å². The van der Waals surface area contributed by atoms with Crippen molar-refractivity contribution in [3.63, 3.8) is 0 Å². The summed E-state index contributed by atoms with van der Waals surface area (Å²) < 4.78 is 0. The number of carbonyl (C=O) groups excluding carboxylic acids is 8. The number of azide groups is 1. The van der Waals surface area contributed by atoms with Crippen LogP contribution in [0.4, 0.5) is 0 Å². The lowest BCUT2D eigenvalue weighted by atomic mass is 10.0. The Morgan fingerprint density at radius 3 is 1.85 bits per heavy atom. The lowest BCUT2D eigenvalue weighted by molar-refractivity contribution is -0.144. The zero-order valence-corrected chi connectivity index (χ0v) is 39.9. The van der Waals surface area contributed by atoms with Crippen LogP contribution in [-0.4, -0.2) is 152 Å². The van der Waals surface area contributed by atoms with Crippen molar-refractivity contribution in [3.05, 3.63) is 40.3 Å². The molecule has 27 heteroatoms. The first kappa shape index (κ1) is 60.1. The van der Waals surface area contributed by atoms with Crippen molar-refractivity contribution in [2.75, 3.05) is 13.1 Å². The van der Waals surface area contributed by atoms with E-state index in [2.05, 4.69) is 47.8 Å². The van der Waals surface area contributed by atoms with Gasteiger partial charge in [0.05, 0.1) is 6.42 Å². The van der Waals surface area contributed by atoms with E-state index in [0.29, 0.717) is 18.4 Å². The van der Waals surface area contributed by atoms with Crippen LogP contribution in [0.5, 0.6) is 5.75 Å². The topological polar surface area (TPSA) is 445 Å². The number of primary amides is 1. The molecule has 0 aromatic heterocycles. The van der Waals surface area contributed by atoms with Gasteiger partial charge < -0.3 is 68.7 Å². The Kier molecular flexibility index (Phi) is 25.6. The Labute approximate surface area is 413 Å². The molecule has 0 radical (unpaired) electrons. The predicted octanol–water partition coefficient (Wildman–Crippen LogP) is -1.60. The highest BCUT2D eigenvalue weighted by Crippen LogP contribution is 2.21. The van der Waals surface area contributed by atoms with Gasteiger partial charge in [0.15, 0.2) is 0 Å². The third-order valence-corrected chi connectivity index (χ3v) is 11.1. The molecule has 27 nitrogen and oxygen atoms in total. The molecule has 0 bridgehead atoms. The molecule has 1 aliphatic rings. The molecule has 8 atom stereocenters. The number of nitrogens with two attached hydrogens (primary N) is 2. The molecule has 1 heterocycles. The van der Waals surface area contributed by atoms with Gasteiger partial charge in [-0.3, -0.25) is 52.7 Å². The van der Waals surface area contributed by atoms with Gasteiger partial charge in [0.25, 0.3) is 0 Å². The molecule has 394 valence electrons. The van der Waals surface area contributed by atoms with Crippen LogP contribution >= 0.6 is 0 Å². The molecule has 2 rings (SSSR count). The smallest absolute Gasteiger partial charge is 0.305 e. The van der Waals surface area contributed by atoms with E-state index in [1.54, 1.807) is 13.8 Å². The number of amides is 8. The number of hydrogen-bond donors (Lipinski definition) is 12. The van der Waals surface area contributed by atoms with E-state index in [1.807, 2.05) is 0 Å². The molecule has 14 N–H and O–H groups in total. The fourth-order valence-corrected chi connectivity index (χ4v) is 7.48. The SMILES string of the molecule is C#CC[C@H](NC(=O)[C@H](CCC(=O)O)NC(=O)[C@H](CC(C)C)NC(=O)[C@@H]1CCCN1C(=O)[C@H](CCC(=O)O)NC(=O)[C@H](CC(=O)O)NC(=O)[C@H](Cc1ccc(O)cc1)NC(=O)C(CCCCN)N=[N+]=[N-])C(N)=O. The molecular weight excluding hydrogens is 949 g/mol.